The van der Waals surface area contributed by atoms with Gasteiger partial charge in [-0.3, -0.25) is 4.68 Å². The van der Waals surface area contributed by atoms with Crippen molar-refractivity contribution in [1.82, 2.24) is 9.78 Å². The van der Waals surface area contributed by atoms with Crippen LogP contribution < -0.4 is 16.2 Å². The molecule has 5 N–H and O–H groups in total. The summed E-state index contributed by atoms with van der Waals surface area (Å²) < 4.78 is 24.5. The highest BCUT2D eigenvalue weighted by Crippen LogP contribution is 2.26. The van der Waals surface area contributed by atoms with Gasteiger partial charge in [-0.1, -0.05) is 6.07 Å². The van der Waals surface area contributed by atoms with Crippen molar-refractivity contribution in [3.63, 3.8) is 0 Å². The molecule has 0 bridgehead atoms. The Morgan fingerprint density at radius 3 is 2.65 bits per heavy atom. The first-order valence-corrected chi connectivity index (χ1v) is 7.48. The SMILES string of the molecule is Cc1nn(C)cc1CNc1cccc(S(N)(=O)=O)c1N. The number of benzene rings is 1. The van der Waals surface area contributed by atoms with Crippen LogP contribution in [-0.4, -0.2) is 18.2 Å². The number of rotatable bonds is 4. The maximum atomic E-state index is 11.4. The summed E-state index contributed by atoms with van der Waals surface area (Å²) in [6.45, 7) is 2.40. The Bertz CT molecular complexity index is 736. The highest BCUT2D eigenvalue weighted by atomic mass is 32.2. The zero-order valence-corrected chi connectivity index (χ0v) is 12.1. The van der Waals surface area contributed by atoms with Crippen molar-refractivity contribution >= 4 is 21.4 Å². The van der Waals surface area contributed by atoms with Gasteiger partial charge in [-0.25, -0.2) is 13.6 Å². The molecule has 0 spiro atoms. The molecule has 0 aliphatic carbocycles. The molecule has 1 aromatic carbocycles. The summed E-state index contributed by atoms with van der Waals surface area (Å²) in [6, 6.07) is 4.68. The van der Waals surface area contributed by atoms with Crippen LogP contribution in [0.15, 0.2) is 29.3 Å². The van der Waals surface area contributed by atoms with E-state index in [9.17, 15) is 8.42 Å². The summed E-state index contributed by atoms with van der Waals surface area (Å²) in [5, 5.41) is 12.4. The second-order valence-corrected chi connectivity index (χ2v) is 6.06. The van der Waals surface area contributed by atoms with E-state index in [0.29, 0.717) is 12.2 Å². The fraction of sp³-hybridized carbons (Fsp3) is 0.250. The molecule has 108 valence electrons. The van der Waals surface area contributed by atoms with Crippen molar-refractivity contribution < 1.29 is 8.42 Å². The summed E-state index contributed by atoms with van der Waals surface area (Å²) in [4.78, 5) is -0.0783. The average molecular weight is 295 g/mol. The van der Waals surface area contributed by atoms with Gasteiger partial charge in [0.15, 0.2) is 0 Å². The number of hydrogen-bond acceptors (Lipinski definition) is 5. The lowest BCUT2D eigenvalue weighted by atomic mass is 10.2. The maximum Gasteiger partial charge on any atom is 0.240 e. The van der Waals surface area contributed by atoms with E-state index in [2.05, 4.69) is 10.4 Å². The molecule has 0 saturated heterocycles. The summed E-state index contributed by atoms with van der Waals surface area (Å²) in [7, 11) is -1.98. The molecule has 20 heavy (non-hydrogen) atoms. The van der Waals surface area contributed by atoms with Gasteiger partial charge in [0.05, 0.1) is 17.1 Å². The van der Waals surface area contributed by atoms with Gasteiger partial charge in [-0.15, -0.1) is 0 Å². The molecule has 0 radical (unpaired) electrons. The van der Waals surface area contributed by atoms with Crippen molar-refractivity contribution in [2.24, 2.45) is 12.2 Å². The number of sulfonamides is 1. The van der Waals surface area contributed by atoms with Gasteiger partial charge in [-0.2, -0.15) is 5.10 Å². The molecule has 0 fully saturated rings. The minimum absolute atomic E-state index is 0.0783. The number of para-hydroxylation sites is 1. The Kier molecular flexibility index (Phi) is 3.69. The third kappa shape index (κ3) is 2.91. The average Bonchev–Trinajstić information content (AvgIpc) is 2.65. The van der Waals surface area contributed by atoms with Crippen LogP contribution in [-0.2, 0) is 23.6 Å². The molecule has 7 nitrogen and oxygen atoms in total. The Morgan fingerprint density at radius 1 is 1.40 bits per heavy atom. The fourth-order valence-corrected chi connectivity index (χ4v) is 2.64. The largest absolute Gasteiger partial charge is 0.396 e. The molecule has 8 heteroatoms. The van der Waals surface area contributed by atoms with Crippen molar-refractivity contribution in [2.75, 3.05) is 11.1 Å². The first kappa shape index (κ1) is 14.4. The van der Waals surface area contributed by atoms with Crippen molar-refractivity contribution in [1.29, 1.82) is 0 Å². The second-order valence-electron chi connectivity index (χ2n) is 4.53. The Hall–Kier alpha value is -2.06. The van der Waals surface area contributed by atoms with Crippen LogP contribution in [0, 0.1) is 6.92 Å². The van der Waals surface area contributed by atoms with E-state index in [1.807, 2.05) is 20.2 Å². The Morgan fingerprint density at radius 2 is 2.10 bits per heavy atom. The molecule has 2 aromatic rings. The fourth-order valence-electron chi connectivity index (χ4n) is 1.96. The summed E-state index contributed by atoms with van der Waals surface area (Å²) in [5.74, 6) is 0. The van der Waals surface area contributed by atoms with Gasteiger partial charge in [0.1, 0.15) is 4.90 Å². The number of nitrogens with one attached hydrogen (secondary N) is 1. The maximum absolute atomic E-state index is 11.4. The highest BCUT2D eigenvalue weighted by Gasteiger charge is 2.14. The zero-order chi connectivity index (χ0) is 14.9. The summed E-state index contributed by atoms with van der Waals surface area (Å²) in [5.41, 5.74) is 8.39. The normalized spacial score (nSPS) is 11.6. The lowest BCUT2D eigenvalue weighted by Crippen LogP contribution is -2.15. The predicted octanol–water partition coefficient (Wildman–Crippen LogP) is 0.570. The van der Waals surface area contributed by atoms with Crippen LogP contribution in [0.25, 0.3) is 0 Å². The van der Waals surface area contributed by atoms with Gasteiger partial charge in [0.25, 0.3) is 0 Å². The molecule has 1 aromatic heterocycles. The topological polar surface area (TPSA) is 116 Å². The van der Waals surface area contributed by atoms with E-state index in [-0.39, 0.29) is 10.6 Å². The monoisotopic (exact) mass is 295 g/mol. The third-order valence-electron chi connectivity index (χ3n) is 2.96. The molecule has 1 heterocycles. The molecular formula is C12H17N5O2S. The molecule has 0 amide bonds. The van der Waals surface area contributed by atoms with Crippen LogP contribution in [0.2, 0.25) is 0 Å². The number of aromatic nitrogens is 2. The molecule has 0 saturated carbocycles. The summed E-state index contributed by atoms with van der Waals surface area (Å²) >= 11 is 0. The van der Waals surface area contributed by atoms with Crippen LogP contribution in [0.1, 0.15) is 11.3 Å². The van der Waals surface area contributed by atoms with Gasteiger partial charge in [0, 0.05) is 25.4 Å². The lowest BCUT2D eigenvalue weighted by molar-refractivity contribution is 0.598. The van der Waals surface area contributed by atoms with E-state index in [1.54, 1.807) is 16.8 Å². The lowest BCUT2D eigenvalue weighted by Gasteiger charge is -2.11. The van der Waals surface area contributed by atoms with E-state index in [4.69, 9.17) is 10.9 Å². The number of primary sulfonamides is 1. The van der Waals surface area contributed by atoms with Gasteiger partial charge in [0.2, 0.25) is 10.0 Å². The Labute approximate surface area is 117 Å². The zero-order valence-electron chi connectivity index (χ0n) is 11.3. The summed E-state index contributed by atoms with van der Waals surface area (Å²) in [6.07, 6.45) is 1.89. The first-order chi connectivity index (χ1) is 9.29. The minimum atomic E-state index is -3.82. The van der Waals surface area contributed by atoms with Crippen molar-refractivity contribution in [2.45, 2.75) is 18.4 Å². The van der Waals surface area contributed by atoms with Crippen molar-refractivity contribution in [3.8, 4) is 0 Å². The van der Waals surface area contributed by atoms with Gasteiger partial charge >= 0.3 is 0 Å². The molecular weight excluding hydrogens is 278 g/mol. The van der Waals surface area contributed by atoms with E-state index in [0.717, 1.165) is 11.3 Å². The number of anilines is 2. The van der Waals surface area contributed by atoms with Crippen molar-refractivity contribution in [3.05, 3.63) is 35.7 Å². The van der Waals surface area contributed by atoms with Crippen LogP contribution in [0.4, 0.5) is 11.4 Å². The van der Waals surface area contributed by atoms with E-state index < -0.39 is 10.0 Å². The smallest absolute Gasteiger partial charge is 0.240 e. The predicted molar refractivity (Wildman–Crippen MR) is 77.5 cm³/mol. The molecule has 0 unspecified atom stereocenters. The third-order valence-corrected chi connectivity index (χ3v) is 3.93. The molecule has 2 rings (SSSR count). The van der Waals surface area contributed by atoms with Crippen LogP contribution in [0.5, 0.6) is 0 Å². The van der Waals surface area contributed by atoms with Gasteiger partial charge in [-0.05, 0) is 19.1 Å². The van der Waals surface area contributed by atoms with E-state index >= 15 is 0 Å². The van der Waals surface area contributed by atoms with Crippen LogP contribution >= 0.6 is 0 Å². The van der Waals surface area contributed by atoms with E-state index in [1.165, 1.54) is 6.07 Å². The molecule has 0 aliphatic heterocycles. The number of nitrogens with two attached hydrogens (primary N) is 2. The first-order valence-electron chi connectivity index (χ1n) is 5.93. The number of nitrogens with zero attached hydrogens (tertiary/aromatic N) is 2. The minimum Gasteiger partial charge on any atom is -0.396 e. The molecule has 0 aliphatic rings. The Balaban J connectivity index is 2.25. The number of aryl methyl sites for hydroxylation is 2. The quantitative estimate of drug-likeness (QED) is 0.713. The molecule has 0 atom stereocenters. The van der Waals surface area contributed by atoms with Crippen LogP contribution in [0.3, 0.4) is 0 Å². The van der Waals surface area contributed by atoms with Gasteiger partial charge < -0.3 is 11.1 Å². The standard InChI is InChI=1S/C12H17N5O2S/c1-8-9(7-17(2)16-8)6-15-10-4-3-5-11(12(10)13)20(14,18)19/h3-5,7,15H,6,13H2,1-2H3,(H2,14,18,19). The number of nitrogen functional groups attached to an aromatic ring is 1. The highest BCUT2D eigenvalue weighted by molar-refractivity contribution is 7.89. The number of hydrogen-bond donors (Lipinski definition) is 3. The second kappa shape index (κ2) is 5.14.